The molecule has 0 saturated heterocycles. The second-order valence-corrected chi connectivity index (χ2v) is 6.40. The van der Waals surface area contributed by atoms with E-state index in [0.29, 0.717) is 27.1 Å². The van der Waals surface area contributed by atoms with Gasteiger partial charge in [0.05, 0.1) is 15.7 Å². The fraction of sp³-hybridized carbons (Fsp3) is 0.294. The number of carbonyl (C=O) groups is 1. The Kier molecular flexibility index (Phi) is 5.03. The summed E-state index contributed by atoms with van der Waals surface area (Å²) in [7, 11) is 0. The molecule has 1 fully saturated rings. The number of benzene rings is 1. The highest BCUT2D eigenvalue weighted by atomic mass is 35.5. The number of carbonyl (C=O) groups excluding carboxylic acids is 1. The molecule has 0 atom stereocenters. The number of halogens is 2. The normalized spacial score (nSPS) is 14.7. The minimum Gasteiger partial charge on any atom is -0.349 e. The van der Waals surface area contributed by atoms with E-state index in [1.807, 2.05) is 0 Å². The number of hydrogen-bond donors (Lipinski definition) is 2. The van der Waals surface area contributed by atoms with Gasteiger partial charge in [0.1, 0.15) is 5.82 Å². The smallest absolute Gasteiger partial charge is 0.251 e. The lowest BCUT2D eigenvalue weighted by Crippen LogP contribution is -2.32. The van der Waals surface area contributed by atoms with E-state index in [-0.39, 0.29) is 11.9 Å². The molecule has 1 amide bonds. The Morgan fingerprint density at radius 3 is 2.74 bits per heavy atom. The molecule has 1 saturated carbocycles. The number of rotatable bonds is 4. The third kappa shape index (κ3) is 3.95. The van der Waals surface area contributed by atoms with Gasteiger partial charge in [-0.2, -0.15) is 0 Å². The van der Waals surface area contributed by atoms with E-state index in [9.17, 15) is 4.79 Å². The average Bonchev–Trinajstić information content (AvgIpc) is 3.05. The molecule has 0 aliphatic heterocycles. The number of anilines is 2. The van der Waals surface area contributed by atoms with E-state index in [4.69, 9.17) is 23.2 Å². The van der Waals surface area contributed by atoms with Crippen LogP contribution in [0.5, 0.6) is 0 Å². The van der Waals surface area contributed by atoms with Crippen LogP contribution < -0.4 is 10.6 Å². The van der Waals surface area contributed by atoms with Crippen molar-refractivity contribution in [2.24, 2.45) is 0 Å². The highest BCUT2D eigenvalue weighted by Crippen LogP contribution is 2.31. The summed E-state index contributed by atoms with van der Waals surface area (Å²) in [5, 5.41) is 7.05. The summed E-state index contributed by atoms with van der Waals surface area (Å²) in [5.41, 5.74) is 1.23. The first-order valence-corrected chi connectivity index (χ1v) is 8.37. The molecule has 0 unspecified atom stereocenters. The Hall–Kier alpha value is -1.78. The molecule has 2 aromatic rings. The fourth-order valence-corrected chi connectivity index (χ4v) is 3.07. The third-order valence-electron chi connectivity index (χ3n) is 3.93. The summed E-state index contributed by atoms with van der Waals surface area (Å²) in [6.07, 6.45) is 6.08. The Labute approximate surface area is 145 Å². The topological polar surface area (TPSA) is 54.0 Å². The lowest BCUT2D eigenvalue weighted by atomic mass is 10.2. The number of nitrogens with zero attached hydrogens (tertiary/aromatic N) is 1. The molecule has 23 heavy (non-hydrogen) atoms. The molecule has 1 aliphatic rings. The van der Waals surface area contributed by atoms with Gasteiger partial charge in [0.25, 0.3) is 5.91 Å². The SMILES string of the molecule is O=C(NC1CCCC1)c1ccnc(Nc2cccc(Cl)c2Cl)c1. The van der Waals surface area contributed by atoms with Crippen LogP contribution in [0.4, 0.5) is 11.5 Å². The first-order chi connectivity index (χ1) is 11.1. The predicted octanol–water partition coefficient (Wildman–Crippen LogP) is 4.80. The largest absolute Gasteiger partial charge is 0.349 e. The first kappa shape index (κ1) is 16.1. The predicted molar refractivity (Wildman–Crippen MR) is 93.7 cm³/mol. The van der Waals surface area contributed by atoms with Gasteiger partial charge in [0.15, 0.2) is 0 Å². The zero-order valence-electron chi connectivity index (χ0n) is 12.5. The van der Waals surface area contributed by atoms with Gasteiger partial charge in [0.2, 0.25) is 0 Å². The molecule has 0 bridgehead atoms. The van der Waals surface area contributed by atoms with Crippen molar-refractivity contribution in [3.63, 3.8) is 0 Å². The van der Waals surface area contributed by atoms with E-state index in [1.165, 1.54) is 12.8 Å². The number of nitrogens with one attached hydrogen (secondary N) is 2. The summed E-state index contributed by atoms with van der Waals surface area (Å²) in [5.74, 6) is 0.479. The van der Waals surface area contributed by atoms with Gasteiger partial charge < -0.3 is 10.6 Å². The fourth-order valence-electron chi connectivity index (χ4n) is 2.72. The summed E-state index contributed by atoms with van der Waals surface area (Å²) >= 11 is 12.2. The molecule has 1 aromatic carbocycles. The molecule has 1 heterocycles. The molecule has 1 aromatic heterocycles. The van der Waals surface area contributed by atoms with E-state index in [2.05, 4.69) is 15.6 Å². The average molecular weight is 350 g/mol. The minimum absolute atomic E-state index is 0.0699. The summed E-state index contributed by atoms with van der Waals surface area (Å²) in [6, 6.07) is 9.02. The first-order valence-electron chi connectivity index (χ1n) is 7.61. The molecule has 1 aliphatic carbocycles. The van der Waals surface area contributed by atoms with Crippen molar-refractivity contribution in [1.29, 1.82) is 0 Å². The highest BCUT2D eigenvalue weighted by Gasteiger charge is 2.18. The van der Waals surface area contributed by atoms with Crippen LogP contribution in [-0.2, 0) is 0 Å². The van der Waals surface area contributed by atoms with Gasteiger partial charge >= 0.3 is 0 Å². The molecule has 4 nitrogen and oxygen atoms in total. The minimum atomic E-state index is -0.0699. The van der Waals surface area contributed by atoms with Crippen LogP contribution in [0.15, 0.2) is 36.5 Å². The van der Waals surface area contributed by atoms with Crippen LogP contribution in [0.25, 0.3) is 0 Å². The van der Waals surface area contributed by atoms with Crippen LogP contribution in [0.2, 0.25) is 10.0 Å². The standard InChI is InChI=1S/C17H17Cl2N3O/c18-13-6-3-7-14(16(13)19)22-15-10-11(8-9-20-15)17(23)21-12-4-1-2-5-12/h3,6-10,12H,1-2,4-5H2,(H,20,22)(H,21,23). The van der Waals surface area contributed by atoms with E-state index in [1.54, 1.807) is 36.5 Å². The van der Waals surface area contributed by atoms with Crippen LogP contribution in [0.1, 0.15) is 36.0 Å². The number of pyridine rings is 1. The zero-order valence-corrected chi connectivity index (χ0v) is 14.0. The van der Waals surface area contributed by atoms with Crippen molar-refractivity contribution in [2.45, 2.75) is 31.7 Å². The number of aromatic nitrogens is 1. The van der Waals surface area contributed by atoms with Crippen molar-refractivity contribution < 1.29 is 4.79 Å². The monoisotopic (exact) mass is 349 g/mol. The summed E-state index contributed by atoms with van der Waals surface area (Å²) in [4.78, 5) is 16.5. The third-order valence-corrected chi connectivity index (χ3v) is 4.75. The summed E-state index contributed by atoms with van der Waals surface area (Å²) < 4.78 is 0. The van der Waals surface area contributed by atoms with Gasteiger partial charge in [-0.25, -0.2) is 4.98 Å². The second-order valence-electron chi connectivity index (χ2n) is 5.61. The van der Waals surface area contributed by atoms with Gasteiger partial charge in [-0.3, -0.25) is 4.79 Å². The van der Waals surface area contributed by atoms with Crippen molar-refractivity contribution in [3.8, 4) is 0 Å². The van der Waals surface area contributed by atoms with Gasteiger partial charge in [-0.05, 0) is 37.1 Å². The van der Waals surface area contributed by atoms with E-state index in [0.717, 1.165) is 12.8 Å². The summed E-state index contributed by atoms with van der Waals surface area (Å²) in [6.45, 7) is 0. The zero-order chi connectivity index (χ0) is 16.2. The Morgan fingerprint density at radius 2 is 1.96 bits per heavy atom. The van der Waals surface area contributed by atoms with E-state index >= 15 is 0 Å². The molecule has 2 N–H and O–H groups in total. The van der Waals surface area contributed by atoms with Crippen LogP contribution >= 0.6 is 23.2 Å². The number of hydrogen-bond acceptors (Lipinski definition) is 3. The molecule has 0 radical (unpaired) electrons. The van der Waals surface area contributed by atoms with Crippen molar-refractivity contribution in [2.75, 3.05) is 5.32 Å². The van der Waals surface area contributed by atoms with Crippen molar-refractivity contribution in [1.82, 2.24) is 10.3 Å². The van der Waals surface area contributed by atoms with Gasteiger partial charge in [-0.15, -0.1) is 0 Å². The van der Waals surface area contributed by atoms with Crippen LogP contribution in [0, 0.1) is 0 Å². The number of amides is 1. The molecule has 120 valence electrons. The lowest BCUT2D eigenvalue weighted by molar-refractivity contribution is 0.0938. The Morgan fingerprint density at radius 1 is 1.17 bits per heavy atom. The molecule has 6 heteroatoms. The molecular weight excluding hydrogens is 333 g/mol. The Balaban J connectivity index is 1.74. The van der Waals surface area contributed by atoms with Crippen molar-refractivity contribution >= 4 is 40.6 Å². The van der Waals surface area contributed by atoms with E-state index < -0.39 is 0 Å². The second kappa shape index (κ2) is 7.20. The van der Waals surface area contributed by atoms with Crippen molar-refractivity contribution in [3.05, 3.63) is 52.1 Å². The highest BCUT2D eigenvalue weighted by molar-refractivity contribution is 6.43. The lowest BCUT2D eigenvalue weighted by Gasteiger charge is -2.13. The molecule has 0 spiro atoms. The van der Waals surface area contributed by atoms with Crippen LogP contribution in [0.3, 0.4) is 0 Å². The Bertz CT molecular complexity index is 715. The van der Waals surface area contributed by atoms with Crippen LogP contribution in [-0.4, -0.2) is 16.9 Å². The quantitative estimate of drug-likeness (QED) is 0.832. The maximum atomic E-state index is 12.3. The molecule has 3 rings (SSSR count). The maximum absolute atomic E-state index is 12.3. The van der Waals surface area contributed by atoms with Gasteiger partial charge in [0, 0.05) is 17.8 Å². The maximum Gasteiger partial charge on any atom is 0.251 e. The molecular formula is C17H17Cl2N3O. The van der Waals surface area contributed by atoms with Gasteiger partial charge in [-0.1, -0.05) is 42.1 Å².